The first-order valence-electron chi connectivity index (χ1n) is 5.86. The summed E-state index contributed by atoms with van der Waals surface area (Å²) in [6.45, 7) is 3.49. The fourth-order valence-electron chi connectivity index (χ4n) is 2.41. The molecule has 0 spiro atoms. The van der Waals surface area contributed by atoms with Crippen LogP contribution in [0.25, 0.3) is 0 Å². The highest BCUT2D eigenvalue weighted by Gasteiger charge is 2.34. The van der Waals surface area contributed by atoms with E-state index in [0.29, 0.717) is 30.2 Å². The van der Waals surface area contributed by atoms with Crippen molar-refractivity contribution in [3.05, 3.63) is 34.6 Å². The highest BCUT2D eigenvalue weighted by atomic mass is 35.5. The van der Waals surface area contributed by atoms with Crippen LogP contribution >= 0.6 is 11.6 Å². The minimum absolute atomic E-state index is 0.0952. The Morgan fingerprint density at radius 2 is 2.28 bits per heavy atom. The van der Waals surface area contributed by atoms with E-state index in [1.807, 2.05) is 11.8 Å². The van der Waals surface area contributed by atoms with E-state index in [1.165, 1.54) is 6.07 Å². The predicted octanol–water partition coefficient (Wildman–Crippen LogP) is 2.63. The Morgan fingerprint density at radius 1 is 1.56 bits per heavy atom. The Bertz CT molecular complexity index is 466. The molecule has 1 aromatic carbocycles. The number of halogens is 2. The first-order chi connectivity index (χ1) is 8.47. The van der Waals surface area contributed by atoms with Gasteiger partial charge in [-0.15, -0.1) is 0 Å². The zero-order valence-corrected chi connectivity index (χ0v) is 10.8. The van der Waals surface area contributed by atoms with Crippen molar-refractivity contribution in [2.24, 2.45) is 11.8 Å². The third-order valence-corrected chi connectivity index (χ3v) is 3.65. The lowest BCUT2D eigenvalue weighted by Crippen LogP contribution is -2.23. The van der Waals surface area contributed by atoms with E-state index in [2.05, 4.69) is 0 Å². The Kier molecular flexibility index (Phi) is 3.88. The highest BCUT2D eigenvalue weighted by Crippen LogP contribution is 2.25. The number of likely N-dealkylation sites (tertiary alicyclic amines) is 1. The van der Waals surface area contributed by atoms with Gasteiger partial charge in [0, 0.05) is 30.2 Å². The summed E-state index contributed by atoms with van der Waals surface area (Å²) in [4.78, 5) is 13.0. The van der Waals surface area contributed by atoms with E-state index in [-0.39, 0.29) is 17.7 Å². The van der Waals surface area contributed by atoms with Gasteiger partial charge in [0.15, 0.2) is 0 Å². The van der Waals surface area contributed by atoms with Crippen molar-refractivity contribution in [1.29, 1.82) is 0 Å². The molecule has 18 heavy (non-hydrogen) atoms. The lowest BCUT2D eigenvalue weighted by molar-refractivity contribution is -0.142. The minimum Gasteiger partial charge on any atom is -0.481 e. The van der Waals surface area contributed by atoms with Crippen LogP contribution in [0.1, 0.15) is 12.5 Å². The van der Waals surface area contributed by atoms with Crippen LogP contribution in [0.4, 0.5) is 4.39 Å². The summed E-state index contributed by atoms with van der Waals surface area (Å²) in [6.07, 6.45) is 0. The molecule has 98 valence electrons. The second-order valence-corrected chi connectivity index (χ2v) is 5.29. The van der Waals surface area contributed by atoms with Crippen molar-refractivity contribution in [2.45, 2.75) is 13.5 Å². The molecule has 0 bridgehead atoms. The quantitative estimate of drug-likeness (QED) is 0.919. The number of hydrogen-bond donors (Lipinski definition) is 1. The van der Waals surface area contributed by atoms with Gasteiger partial charge in [0.1, 0.15) is 5.82 Å². The second kappa shape index (κ2) is 5.24. The van der Waals surface area contributed by atoms with E-state index < -0.39 is 5.97 Å². The van der Waals surface area contributed by atoms with Crippen LogP contribution in [0.5, 0.6) is 0 Å². The molecule has 1 heterocycles. The first kappa shape index (κ1) is 13.3. The number of rotatable bonds is 3. The average Bonchev–Trinajstić information content (AvgIpc) is 2.64. The summed E-state index contributed by atoms with van der Waals surface area (Å²) in [7, 11) is 0. The van der Waals surface area contributed by atoms with Crippen LogP contribution in [0.2, 0.25) is 5.02 Å². The van der Waals surface area contributed by atoms with Crippen LogP contribution in [-0.4, -0.2) is 29.1 Å². The van der Waals surface area contributed by atoms with Crippen LogP contribution < -0.4 is 0 Å². The summed E-state index contributed by atoms with van der Waals surface area (Å²) in [5.74, 6) is -1.38. The maximum absolute atomic E-state index is 13.6. The number of benzene rings is 1. The monoisotopic (exact) mass is 271 g/mol. The van der Waals surface area contributed by atoms with E-state index in [9.17, 15) is 9.18 Å². The Balaban J connectivity index is 2.05. The van der Waals surface area contributed by atoms with Crippen molar-refractivity contribution in [3.8, 4) is 0 Å². The van der Waals surface area contributed by atoms with Crippen molar-refractivity contribution >= 4 is 17.6 Å². The molecule has 1 aliphatic heterocycles. The molecule has 0 amide bonds. The third kappa shape index (κ3) is 2.82. The summed E-state index contributed by atoms with van der Waals surface area (Å²) >= 11 is 5.69. The molecule has 1 aromatic rings. The molecule has 0 aromatic heterocycles. The third-order valence-electron chi connectivity index (χ3n) is 3.41. The van der Waals surface area contributed by atoms with E-state index in [0.717, 1.165) is 0 Å². The van der Waals surface area contributed by atoms with Crippen molar-refractivity contribution < 1.29 is 14.3 Å². The van der Waals surface area contributed by atoms with Gasteiger partial charge in [0.05, 0.1) is 5.92 Å². The van der Waals surface area contributed by atoms with E-state index >= 15 is 0 Å². The highest BCUT2D eigenvalue weighted by molar-refractivity contribution is 6.30. The molecule has 3 nitrogen and oxygen atoms in total. The SMILES string of the molecule is C[C@@H]1CN(Cc2ccc(Cl)cc2F)C[C@H]1C(=O)O. The molecule has 0 saturated carbocycles. The Labute approximate surface area is 110 Å². The fraction of sp³-hybridized carbons (Fsp3) is 0.462. The Morgan fingerprint density at radius 3 is 2.83 bits per heavy atom. The maximum Gasteiger partial charge on any atom is 0.308 e. The molecular formula is C13H15ClFNO2. The lowest BCUT2D eigenvalue weighted by Gasteiger charge is -2.15. The number of hydrogen-bond acceptors (Lipinski definition) is 2. The van der Waals surface area contributed by atoms with Crippen molar-refractivity contribution in [2.75, 3.05) is 13.1 Å². The van der Waals surface area contributed by atoms with Crippen molar-refractivity contribution in [3.63, 3.8) is 0 Å². The van der Waals surface area contributed by atoms with Gasteiger partial charge in [-0.25, -0.2) is 4.39 Å². The van der Waals surface area contributed by atoms with Crippen LogP contribution in [0, 0.1) is 17.7 Å². The molecule has 1 fully saturated rings. The molecule has 2 rings (SSSR count). The molecule has 0 aliphatic carbocycles. The van der Waals surface area contributed by atoms with Gasteiger partial charge >= 0.3 is 5.97 Å². The van der Waals surface area contributed by atoms with Gasteiger partial charge in [-0.1, -0.05) is 24.6 Å². The number of carboxylic acid groups (broad SMARTS) is 1. The largest absolute Gasteiger partial charge is 0.481 e. The maximum atomic E-state index is 13.6. The molecular weight excluding hydrogens is 257 g/mol. The summed E-state index contributed by atoms with van der Waals surface area (Å²) in [5.41, 5.74) is 0.553. The zero-order valence-electron chi connectivity index (χ0n) is 10.1. The van der Waals surface area contributed by atoms with Gasteiger partial charge in [0.2, 0.25) is 0 Å². The van der Waals surface area contributed by atoms with E-state index in [4.69, 9.17) is 16.7 Å². The molecule has 1 saturated heterocycles. The van der Waals surface area contributed by atoms with E-state index in [1.54, 1.807) is 12.1 Å². The van der Waals surface area contributed by atoms with Gasteiger partial charge in [-0.2, -0.15) is 0 Å². The van der Waals surface area contributed by atoms with Crippen LogP contribution in [0.15, 0.2) is 18.2 Å². The standard InChI is InChI=1S/C13H15ClFNO2/c1-8-5-16(7-11(8)13(17)18)6-9-2-3-10(14)4-12(9)15/h2-4,8,11H,5-7H2,1H3,(H,17,18)/t8-,11-/m1/s1. The second-order valence-electron chi connectivity index (χ2n) is 4.85. The normalized spacial score (nSPS) is 24.4. The fourth-order valence-corrected chi connectivity index (χ4v) is 2.57. The number of aliphatic carboxylic acids is 1. The molecule has 1 aliphatic rings. The first-order valence-corrected chi connectivity index (χ1v) is 6.24. The molecule has 2 atom stereocenters. The topological polar surface area (TPSA) is 40.5 Å². The van der Waals surface area contributed by atoms with Crippen LogP contribution in [0.3, 0.4) is 0 Å². The van der Waals surface area contributed by atoms with Gasteiger partial charge in [-0.3, -0.25) is 9.69 Å². The van der Waals surface area contributed by atoms with Crippen LogP contribution in [-0.2, 0) is 11.3 Å². The summed E-state index contributed by atoms with van der Waals surface area (Å²) < 4.78 is 13.6. The molecule has 1 N–H and O–H groups in total. The lowest BCUT2D eigenvalue weighted by atomic mass is 9.99. The number of carbonyl (C=O) groups is 1. The van der Waals surface area contributed by atoms with Gasteiger partial charge < -0.3 is 5.11 Å². The molecule has 0 radical (unpaired) electrons. The predicted molar refractivity (Wildman–Crippen MR) is 67.0 cm³/mol. The zero-order chi connectivity index (χ0) is 13.3. The Hall–Kier alpha value is -1.13. The van der Waals surface area contributed by atoms with Gasteiger partial charge in [-0.05, 0) is 18.1 Å². The summed E-state index contributed by atoms with van der Waals surface area (Å²) in [5, 5.41) is 9.41. The minimum atomic E-state index is -0.776. The summed E-state index contributed by atoms with van der Waals surface area (Å²) in [6, 6.07) is 4.58. The molecule has 5 heteroatoms. The number of carboxylic acids is 1. The van der Waals surface area contributed by atoms with Crippen molar-refractivity contribution in [1.82, 2.24) is 4.90 Å². The average molecular weight is 272 g/mol. The number of nitrogens with zero attached hydrogens (tertiary/aromatic N) is 1. The smallest absolute Gasteiger partial charge is 0.308 e. The van der Waals surface area contributed by atoms with Gasteiger partial charge in [0.25, 0.3) is 0 Å². The molecule has 0 unspecified atom stereocenters.